The number of aromatic nitrogens is 2. The number of rotatable bonds is 4. The number of nitrogens with zero attached hydrogens (tertiary/aromatic N) is 2. The van der Waals surface area contributed by atoms with Crippen molar-refractivity contribution < 1.29 is 8.42 Å². The van der Waals surface area contributed by atoms with Gasteiger partial charge in [0.05, 0.1) is 17.0 Å². The normalized spacial score (nSPS) is 25.2. The second kappa shape index (κ2) is 4.96. The lowest BCUT2D eigenvalue weighted by Crippen LogP contribution is -2.36. The van der Waals surface area contributed by atoms with E-state index in [1.165, 1.54) is 0 Å². The van der Waals surface area contributed by atoms with Gasteiger partial charge in [-0.15, -0.1) is 0 Å². The lowest BCUT2D eigenvalue weighted by Gasteiger charge is -2.24. The van der Waals surface area contributed by atoms with E-state index in [2.05, 4.69) is 20.6 Å². The number of nitrogens with one attached hydrogen (secondary N) is 2. The van der Waals surface area contributed by atoms with Crippen LogP contribution in [0.2, 0.25) is 0 Å². The smallest absolute Gasteiger partial charge is 0.224 e. The van der Waals surface area contributed by atoms with Crippen LogP contribution in [0.15, 0.2) is 6.07 Å². The second-order valence-corrected chi connectivity index (χ2v) is 7.46. The first-order chi connectivity index (χ1) is 8.82. The van der Waals surface area contributed by atoms with Crippen molar-refractivity contribution in [3.63, 3.8) is 0 Å². The molecule has 0 saturated carbocycles. The van der Waals surface area contributed by atoms with Crippen LogP contribution in [0, 0.1) is 6.92 Å². The van der Waals surface area contributed by atoms with Crippen molar-refractivity contribution in [1.82, 2.24) is 9.97 Å². The summed E-state index contributed by atoms with van der Waals surface area (Å²) in [6.07, 6.45) is 0.606. The molecule has 7 heteroatoms. The van der Waals surface area contributed by atoms with E-state index in [1.54, 1.807) is 0 Å². The lowest BCUT2D eigenvalue weighted by molar-refractivity contribution is 0.572. The molecule has 0 aliphatic carbocycles. The molecule has 2 rings (SSSR count). The average molecular weight is 284 g/mol. The minimum absolute atomic E-state index is 0.152. The van der Waals surface area contributed by atoms with E-state index in [4.69, 9.17) is 0 Å². The molecule has 1 aromatic rings. The highest BCUT2D eigenvalue weighted by Crippen LogP contribution is 2.27. The molecule has 19 heavy (non-hydrogen) atoms. The van der Waals surface area contributed by atoms with Gasteiger partial charge in [0.1, 0.15) is 5.82 Å². The number of anilines is 2. The van der Waals surface area contributed by atoms with Crippen LogP contribution >= 0.6 is 0 Å². The zero-order chi connectivity index (χ0) is 14.1. The van der Waals surface area contributed by atoms with Crippen LogP contribution in [0.1, 0.15) is 26.0 Å². The Morgan fingerprint density at radius 1 is 1.42 bits per heavy atom. The summed E-state index contributed by atoms with van der Waals surface area (Å²) in [5, 5.41) is 6.30. The molecule has 0 bridgehead atoms. The third kappa shape index (κ3) is 3.56. The molecule has 0 spiro atoms. The monoisotopic (exact) mass is 284 g/mol. The highest BCUT2D eigenvalue weighted by Gasteiger charge is 2.38. The van der Waals surface area contributed by atoms with E-state index >= 15 is 0 Å². The molecule has 0 radical (unpaired) electrons. The summed E-state index contributed by atoms with van der Waals surface area (Å²) in [7, 11) is -2.93. The van der Waals surface area contributed by atoms with Gasteiger partial charge in [-0.25, -0.2) is 13.4 Å². The molecule has 0 amide bonds. The zero-order valence-corrected chi connectivity index (χ0v) is 12.3. The van der Waals surface area contributed by atoms with Crippen LogP contribution in [0.25, 0.3) is 0 Å². The zero-order valence-electron chi connectivity index (χ0n) is 11.5. The van der Waals surface area contributed by atoms with Gasteiger partial charge < -0.3 is 10.6 Å². The minimum atomic E-state index is -2.93. The highest BCUT2D eigenvalue weighted by atomic mass is 32.2. The average Bonchev–Trinajstić information content (AvgIpc) is 2.52. The fourth-order valence-electron chi connectivity index (χ4n) is 2.29. The molecule has 106 valence electrons. The Morgan fingerprint density at radius 3 is 2.74 bits per heavy atom. The van der Waals surface area contributed by atoms with Gasteiger partial charge in [0.25, 0.3) is 0 Å². The number of aryl methyl sites for hydroxylation is 1. The van der Waals surface area contributed by atoms with Crippen molar-refractivity contribution in [3.05, 3.63) is 11.8 Å². The predicted molar refractivity (Wildman–Crippen MR) is 76.2 cm³/mol. The third-order valence-electron chi connectivity index (χ3n) is 3.12. The molecule has 1 aromatic heterocycles. The summed E-state index contributed by atoms with van der Waals surface area (Å²) in [5.41, 5.74) is 0.404. The molecule has 1 aliphatic rings. The van der Waals surface area contributed by atoms with Gasteiger partial charge in [-0.05, 0) is 27.2 Å². The molecular weight excluding hydrogens is 264 g/mol. The van der Waals surface area contributed by atoms with E-state index in [0.717, 1.165) is 12.2 Å². The Morgan fingerprint density at radius 2 is 2.16 bits per heavy atom. The standard InChI is InChI=1S/C12H20N4O2S/c1-4-13-11-14-9(2)7-10(15-11)16-12(3)5-6-19(17,18)8-12/h7H,4-6,8H2,1-3H3,(H2,13,14,15,16). The minimum Gasteiger partial charge on any atom is -0.364 e. The van der Waals surface area contributed by atoms with Crippen molar-refractivity contribution >= 4 is 21.6 Å². The van der Waals surface area contributed by atoms with Crippen molar-refractivity contribution in [1.29, 1.82) is 0 Å². The van der Waals surface area contributed by atoms with Crippen molar-refractivity contribution in [2.24, 2.45) is 0 Å². The SMILES string of the molecule is CCNc1nc(C)cc(NC2(C)CCS(=O)(=O)C2)n1. The Kier molecular flexibility index (Phi) is 3.66. The number of hydrogen-bond donors (Lipinski definition) is 2. The molecule has 1 saturated heterocycles. The van der Waals surface area contributed by atoms with E-state index in [9.17, 15) is 8.42 Å². The second-order valence-electron chi connectivity index (χ2n) is 5.28. The Labute approximate surface area is 114 Å². The molecule has 2 heterocycles. The van der Waals surface area contributed by atoms with Crippen molar-refractivity contribution in [2.75, 3.05) is 28.7 Å². The van der Waals surface area contributed by atoms with E-state index in [0.29, 0.717) is 18.2 Å². The van der Waals surface area contributed by atoms with Crippen LogP contribution in [-0.4, -0.2) is 42.0 Å². The fraction of sp³-hybridized carbons (Fsp3) is 0.667. The maximum atomic E-state index is 11.6. The maximum absolute atomic E-state index is 11.6. The highest BCUT2D eigenvalue weighted by molar-refractivity contribution is 7.91. The third-order valence-corrected chi connectivity index (χ3v) is 5.03. The summed E-state index contributed by atoms with van der Waals surface area (Å²) >= 11 is 0. The summed E-state index contributed by atoms with van der Waals surface area (Å²) in [6.45, 7) is 6.53. The molecule has 1 unspecified atom stereocenters. The quantitative estimate of drug-likeness (QED) is 0.864. The van der Waals surface area contributed by atoms with Crippen LogP contribution in [0.3, 0.4) is 0 Å². The predicted octanol–water partition coefficient (Wildman–Crippen LogP) is 1.21. The van der Waals surface area contributed by atoms with Gasteiger partial charge in [-0.3, -0.25) is 0 Å². The molecule has 6 nitrogen and oxygen atoms in total. The first kappa shape index (κ1) is 14.0. The molecule has 1 fully saturated rings. The van der Waals surface area contributed by atoms with Gasteiger partial charge in [0.15, 0.2) is 9.84 Å². The van der Waals surface area contributed by atoms with Crippen LogP contribution in [0.4, 0.5) is 11.8 Å². The molecular formula is C12H20N4O2S. The molecule has 1 aliphatic heterocycles. The van der Waals surface area contributed by atoms with E-state index < -0.39 is 15.4 Å². The van der Waals surface area contributed by atoms with Crippen molar-refractivity contribution in [2.45, 2.75) is 32.7 Å². The van der Waals surface area contributed by atoms with E-state index in [1.807, 2.05) is 26.8 Å². The summed E-state index contributed by atoms with van der Waals surface area (Å²) in [6, 6.07) is 1.83. The van der Waals surface area contributed by atoms with Gasteiger partial charge >= 0.3 is 0 Å². The lowest BCUT2D eigenvalue weighted by atomic mass is 10.0. The topological polar surface area (TPSA) is 84.0 Å². The Balaban J connectivity index is 2.19. The van der Waals surface area contributed by atoms with Crippen molar-refractivity contribution in [3.8, 4) is 0 Å². The van der Waals surface area contributed by atoms with Gasteiger partial charge in [0, 0.05) is 18.3 Å². The van der Waals surface area contributed by atoms with Crippen LogP contribution in [0.5, 0.6) is 0 Å². The largest absolute Gasteiger partial charge is 0.364 e. The first-order valence-corrected chi connectivity index (χ1v) is 8.22. The van der Waals surface area contributed by atoms with Gasteiger partial charge in [-0.1, -0.05) is 0 Å². The fourth-order valence-corrected chi connectivity index (χ4v) is 4.38. The Bertz CT molecular complexity index is 573. The number of sulfone groups is 1. The first-order valence-electron chi connectivity index (χ1n) is 6.40. The summed E-state index contributed by atoms with van der Waals surface area (Å²) < 4.78 is 23.2. The molecule has 1 atom stereocenters. The van der Waals surface area contributed by atoms with Gasteiger partial charge in [0.2, 0.25) is 5.95 Å². The molecule has 0 aromatic carbocycles. The van der Waals surface area contributed by atoms with E-state index in [-0.39, 0.29) is 11.5 Å². The maximum Gasteiger partial charge on any atom is 0.224 e. The molecule has 2 N–H and O–H groups in total. The Hall–Kier alpha value is -1.37. The van der Waals surface area contributed by atoms with Gasteiger partial charge in [-0.2, -0.15) is 4.98 Å². The summed E-state index contributed by atoms with van der Waals surface area (Å²) in [4.78, 5) is 8.62. The number of hydrogen-bond acceptors (Lipinski definition) is 6. The van der Waals surface area contributed by atoms with Crippen LogP contribution < -0.4 is 10.6 Å². The summed E-state index contributed by atoms with van der Waals surface area (Å²) in [5.74, 6) is 1.62. The van der Waals surface area contributed by atoms with Crippen LogP contribution in [-0.2, 0) is 9.84 Å².